The van der Waals surface area contributed by atoms with Crippen molar-refractivity contribution in [2.75, 3.05) is 13.2 Å². The van der Waals surface area contributed by atoms with Crippen LogP contribution in [-0.2, 0) is 9.47 Å². The van der Waals surface area contributed by atoms with Crippen LogP contribution in [0.25, 0.3) is 0 Å². The summed E-state index contributed by atoms with van der Waals surface area (Å²) in [5.74, 6) is -0.306. The summed E-state index contributed by atoms with van der Waals surface area (Å²) in [4.78, 5) is 0. The molecule has 0 saturated carbocycles. The summed E-state index contributed by atoms with van der Waals surface area (Å²) in [6.07, 6.45) is 20.1. The van der Waals surface area contributed by atoms with Crippen LogP contribution in [0.1, 0.15) is 130 Å². The Kier molecular flexibility index (Phi) is 18.6. The van der Waals surface area contributed by atoms with Crippen LogP contribution in [0.5, 0.6) is 0 Å². The molecule has 0 aromatic carbocycles. The van der Waals surface area contributed by atoms with Crippen molar-refractivity contribution in [2.45, 2.75) is 136 Å². The van der Waals surface area contributed by atoms with Crippen LogP contribution in [0.3, 0.4) is 0 Å². The van der Waals surface area contributed by atoms with Gasteiger partial charge in [-0.25, -0.2) is 0 Å². The second-order valence-electron chi connectivity index (χ2n) is 7.64. The Morgan fingerprint density at radius 1 is 0.440 bits per heavy atom. The summed E-state index contributed by atoms with van der Waals surface area (Å²) < 4.78 is 12.8. The van der Waals surface area contributed by atoms with E-state index in [2.05, 4.69) is 27.7 Å². The Balaban J connectivity index is 4.32. The van der Waals surface area contributed by atoms with Crippen LogP contribution in [0, 0.1) is 0 Å². The first-order chi connectivity index (χ1) is 12.2. The van der Waals surface area contributed by atoms with Gasteiger partial charge in [0.25, 0.3) is 0 Å². The molecule has 0 amide bonds. The number of hydrogen-bond donors (Lipinski definition) is 0. The second kappa shape index (κ2) is 18.7. The predicted octanol–water partition coefficient (Wildman–Crippen LogP) is 8.04. The average Bonchev–Trinajstić information content (AvgIpc) is 2.62. The van der Waals surface area contributed by atoms with Gasteiger partial charge in [-0.05, 0) is 19.3 Å². The van der Waals surface area contributed by atoms with Crippen molar-refractivity contribution in [3.05, 3.63) is 0 Å². The Hall–Kier alpha value is -0.0800. The molecule has 0 rings (SSSR count). The molecule has 0 unspecified atom stereocenters. The van der Waals surface area contributed by atoms with Crippen LogP contribution in [0.15, 0.2) is 0 Å². The normalized spacial score (nSPS) is 12.0. The topological polar surface area (TPSA) is 18.5 Å². The second-order valence-corrected chi connectivity index (χ2v) is 7.64. The molecule has 2 nitrogen and oxygen atoms in total. The molecule has 0 aromatic heterocycles. The van der Waals surface area contributed by atoms with E-state index in [1.807, 2.05) is 0 Å². The minimum atomic E-state index is -0.306. The lowest BCUT2D eigenvalue weighted by Gasteiger charge is -2.34. The monoisotopic (exact) mass is 356 g/mol. The standard InChI is InChI=1S/C23H48O2/c1-5-9-12-13-14-15-16-20-23(19-8-4,24-21-17-10-6-2)25-22-18-11-7-3/h5-22H2,1-4H3. The highest BCUT2D eigenvalue weighted by molar-refractivity contribution is 4.71. The zero-order chi connectivity index (χ0) is 18.6. The number of hydrogen-bond acceptors (Lipinski definition) is 2. The SMILES string of the molecule is CCCCCCCCCC(CCC)(OCCCCC)OCCCCC. The van der Waals surface area contributed by atoms with E-state index < -0.39 is 0 Å². The van der Waals surface area contributed by atoms with Crippen LogP contribution in [-0.4, -0.2) is 19.0 Å². The van der Waals surface area contributed by atoms with Crippen molar-refractivity contribution in [2.24, 2.45) is 0 Å². The first-order valence-corrected chi connectivity index (χ1v) is 11.5. The van der Waals surface area contributed by atoms with Gasteiger partial charge < -0.3 is 9.47 Å². The number of ether oxygens (including phenoxy) is 2. The molecule has 0 aliphatic carbocycles. The van der Waals surface area contributed by atoms with E-state index >= 15 is 0 Å². The van der Waals surface area contributed by atoms with E-state index in [4.69, 9.17) is 9.47 Å². The van der Waals surface area contributed by atoms with E-state index in [1.54, 1.807) is 0 Å². The smallest absolute Gasteiger partial charge is 0.168 e. The molecule has 0 saturated heterocycles. The van der Waals surface area contributed by atoms with Gasteiger partial charge >= 0.3 is 0 Å². The average molecular weight is 357 g/mol. The highest BCUT2D eigenvalue weighted by Crippen LogP contribution is 2.28. The summed E-state index contributed by atoms with van der Waals surface area (Å²) in [5.41, 5.74) is 0. The van der Waals surface area contributed by atoms with Gasteiger partial charge in [0.2, 0.25) is 0 Å². The van der Waals surface area contributed by atoms with Crippen molar-refractivity contribution < 1.29 is 9.47 Å². The third-order valence-electron chi connectivity index (χ3n) is 5.02. The van der Waals surface area contributed by atoms with Gasteiger partial charge in [-0.1, -0.05) is 98.3 Å². The van der Waals surface area contributed by atoms with Crippen molar-refractivity contribution in [3.8, 4) is 0 Å². The van der Waals surface area contributed by atoms with Crippen molar-refractivity contribution in [1.29, 1.82) is 0 Å². The van der Waals surface area contributed by atoms with Gasteiger partial charge in [0, 0.05) is 12.8 Å². The van der Waals surface area contributed by atoms with Gasteiger partial charge in [0.15, 0.2) is 5.79 Å². The van der Waals surface area contributed by atoms with Crippen molar-refractivity contribution in [3.63, 3.8) is 0 Å². The maximum absolute atomic E-state index is 6.38. The fourth-order valence-electron chi connectivity index (χ4n) is 3.41. The highest BCUT2D eigenvalue weighted by Gasteiger charge is 2.30. The summed E-state index contributed by atoms with van der Waals surface area (Å²) in [7, 11) is 0. The summed E-state index contributed by atoms with van der Waals surface area (Å²) in [6, 6.07) is 0. The summed E-state index contributed by atoms with van der Waals surface area (Å²) >= 11 is 0. The quantitative estimate of drug-likeness (QED) is 0.162. The molecule has 0 fully saturated rings. The minimum Gasteiger partial charge on any atom is -0.350 e. The van der Waals surface area contributed by atoms with Crippen LogP contribution >= 0.6 is 0 Å². The lowest BCUT2D eigenvalue weighted by Crippen LogP contribution is -2.37. The Bertz CT molecular complexity index is 240. The van der Waals surface area contributed by atoms with Gasteiger partial charge in [-0.3, -0.25) is 0 Å². The van der Waals surface area contributed by atoms with E-state index in [1.165, 1.54) is 70.6 Å². The molecule has 25 heavy (non-hydrogen) atoms. The molecule has 152 valence electrons. The Morgan fingerprint density at radius 2 is 0.880 bits per heavy atom. The van der Waals surface area contributed by atoms with Gasteiger partial charge in [0.05, 0.1) is 13.2 Å². The molecule has 2 heteroatoms. The lowest BCUT2D eigenvalue weighted by atomic mass is 10.0. The van der Waals surface area contributed by atoms with E-state index in [0.29, 0.717) is 0 Å². The summed E-state index contributed by atoms with van der Waals surface area (Å²) in [6.45, 7) is 10.8. The van der Waals surface area contributed by atoms with Gasteiger partial charge in [-0.2, -0.15) is 0 Å². The molecule has 0 spiro atoms. The van der Waals surface area contributed by atoms with Crippen LogP contribution < -0.4 is 0 Å². The van der Waals surface area contributed by atoms with Crippen molar-refractivity contribution in [1.82, 2.24) is 0 Å². The molecular weight excluding hydrogens is 308 g/mol. The Morgan fingerprint density at radius 3 is 1.36 bits per heavy atom. The van der Waals surface area contributed by atoms with Gasteiger partial charge in [-0.15, -0.1) is 0 Å². The zero-order valence-corrected chi connectivity index (χ0v) is 18.0. The first-order valence-electron chi connectivity index (χ1n) is 11.5. The molecular formula is C23H48O2. The van der Waals surface area contributed by atoms with E-state index in [9.17, 15) is 0 Å². The molecule has 0 aromatic rings. The first kappa shape index (κ1) is 24.9. The molecule has 0 radical (unpaired) electrons. The maximum Gasteiger partial charge on any atom is 0.168 e. The van der Waals surface area contributed by atoms with E-state index in [-0.39, 0.29) is 5.79 Å². The predicted molar refractivity (Wildman–Crippen MR) is 111 cm³/mol. The third-order valence-corrected chi connectivity index (χ3v) is 5.02. The highest BCUT2D eigenvalue weighted by atomic mass is 16.7. The fourth-order valence-corrected chi connectivity index (χ4v) is 3.41. The fraction of sp³-hybridized carbons (Fsp3) is 1.00. The van der Waals surface area contributed by atoms with Crippen LogP contribution in [0.2, 0.25) is 0 Å². The molecule has 0 bridgehead atoms. The molecule has 0 N–H and O–H groups in total. The minimum absolute atomic E-state index is 0.306. The molecule has 0 aliphatic heterocycles. The van der Waals surface area contributed by atoms with E-state index in [0.717, 1.165) is 45.3 Å². The van der Waals surface area contributed by atoms with Crippen molar-refractivity contribution >= 4 is 0 Å². The molecule has 0 heterocycles. The molecule has 0 aliphatic rings. The largest absolute Gasteiger partial charge is 0.350 e. The van der Waals surface area contributed by atoms with Crippen LogP contribution in [0.4, 0.5) is 0 Å². The molecule has 0 atom stereocenters. The number of unbranched alkanes of at least 4 members (excludes halogenated alkanes) is 10. The number of rotatable bonds is 20. The zero-order valence-electron chi connectivity index (χ0n) is 18.0. The maximum atomic E-state index is 6.38. The third kappa shape index (κ3) is 14.7. The Labute approximate surface area is 159 Å². The summed E-state index contributed by atoms with van der Waals surface area (Å²) in [5, 5.41) is 0. The lowest BCUT2D eigenvalue weighted by molar-refractivity contribution is -0.247. The van der Waals surface area contributed by atoms with Gasteiger partial charge in [0.1, 0.15) is 0 Å².